The summed E-state index contributed by atoms with van der Waals surface area (Å²) in [5, 5.41) is 0. The van der Waals surface area contributed by atoms with Gasteiger partial charge in [0.1, 0.15) is 16.8 Å². The molecule has 3 aliphatic heterocycles. The number of nitrogens with zero attached hydrogens (tertiary/aromatic N) is 3. The molecular weight excluding hydrogens is 839 g/mol. The van der Waals surface area contributed by atoms with Crippen LogP contribution in [0.2, 0.25) is 0 Å². The van der Waals surface area contributed by atoms with Crippen LogP contribution in [-0.2, 0) is 11.3 Å². The number of ether oxygens (including phenoxy) is 1. The largest absolute Gasteiger partial charge is 0.499 e. The van der Waals surface area contributed by atoms with E-state index in [2.05, 4.69) is 240 Å². The lowest BCUT2D eigenvalue weighted by atomic mass is 9.65. The van der Waals surface area contributed by atoms with E-state index in [1.54, 1.807) is 0 Å². The molecule has 4 nitrogen and oxygen atoms in total. The third-order valence-electron chi connectivity index (χ3n) is 16.3. The average molecular weight is 903 g/mol. The summed E-state index contributed by atoms with van der Waals surface area (Å²) in [5.74, 6) is 0.731. The number of hydrogen-bond acceptors (Lipinski definition) is 1. The standard InChI is InChI=1S/C65H63N3O/c1-39(2)42-25-27-44(28-26-42)46-31-32-66-58(37-46)54-36-48(43-19-14-12-15-20-43)35-53-50-23-18-24-57-60(50)68-62(55-34-47(40(3)4)33-51(41(5)6)61(55)69-65(66,68)59(53)54)67(57)56-30-29-49(64(10,11)63(7,8)9)38-52(56)45-21-16-13-17-22-45/h12-41H,1-11H3/q+2/i39D. The number of para-hydroxylation sites is 1. The second kappa shape index (κ2) is 15.2. The van der Waals surface area contributed by atoms with Crippen molar-refractivity contribution in [1.82, 2.24) is 4.57 Å². The molecule has 12 rings (SSSR count). The fourth-order valence-electron chi connectivity index (χ4n) is 11.4. The lowest BCUT2D eigenvalue weighted by Crippen LogP contribution is -2.78. The molecule has 4 heteroatoms. The monoisotopic (exact) mass is 903 g/mol. The fourth-order valence-corrected chi connectivity index (χ4v) is 11.4. The highest BCUT2D eigenvalue weighted by Crippen LogP contribution is 2.56. The maximum atomic E-state index is 8.73. The van der Waals surface area contributed by atoms with Crippen molar-refractivity contribution in [3.8, 4) is 78.6 Å². The van der Waals surface area contributed by atoms with E-state index >= 15 is 0 Å². The van der Waals surface area contributed by atoms with E-state index < -0.39 is 11.7 Å². The first-order valence-electron chi connectivity index (χ1n) is 25.5. The zero-order chi connectivity index (χ0) is 48.8. The minimum atomic E-state index is -1.11. The number of pyridine rings is 1. The summed E-state index contributed by atoms with van der Waals surface area (Å²) in [6.45, 7) is 25.0. The number of fused-ring (bicyclic) bond motifs is 5. The van der Waals surface area contributed by atoms with Crippen LogP contribution >= 0.6 is 0 Å². The van der Waals surface area contributed by atoms with Gasteiger partial charge in [-0.1, -0.05) is 179 Å². The third-order valence-corrected chi connectivity index (χ3v) is 16.3. The first kappa shape index (κ1) is 42.1. The van der Waals surface area contributed by atoms with E-state index in [1.165, 1.54) is 50.1 Å². The molecule has 9 aromatic rings. The highest BCUT2D eigenvalue weighted by atomic mass is 16.5. The van der Waals surface area contributed by atoms with Gasteiger partial charge in [0.2, 0.25) is 5.69 Å². The summed E-state index contributed by atoms with van der Waals surface area (Å²) in [7, 11) is 0. The van der Waals surface area contributed by atoms with Gasteiger partial charge in [-0.25, -0.2) is 0 Å². The Labute approximate surface area is 409 Å². The van der Waals surface area contributed by atoms with Crippen LogP contribution in [0.3, 0.4) is 0 Å². The summed E-state index contributed by atoms with van der Waals surface area (Å²) in [4.78, 5) is 0. The molecule has 0 saturated carbocycles. The van der Waals surface area contributed by atoms with Crippen molar-refractivity contribution < 1.29 is 15.2 Å². The van der Waals surface area contributed by atoms with Crippen molar-refractivity contribution in [2.24, 2.45) is 5.41 Å². The summed E-state index contributed by atoms with van der Waals surface area (Å²) >= 11 is 0. The second-order valence-corrected chi connectivity index (χ2v) is 22.2. The predicted molar refractivity (Wildman–Crippen MR) is 284 cm³/mol. The smallest absolute Gasteiger partial charge is 0.392 e. The molecule has 69 heavy (non-hydrogen) atoms. The van der Waals surface area contributed by atoms with Gasteiger partial charge in [0.05, 0.1) is 5.56 Å². The van der Waals surface area contributed by atoms with E-state index in [0.29, 0.717) is 5.92 Å². The van der Waals surface area contributed by atoms with Crippen molar-refractivity contribution in [2.75, 3.05) is 0 Å². The Kier molecular flexibility index (Phi) is 9.29. The molecule has 5 heterocycles. The summed E-state index contributed by atoms with van der Waals surface area (Å²) in [5.41, 5.74) is 21.9. The Bertz CT molecular complexity index is 3600. The molecule has 0 bridgehead atoms. The van der Waals surface area contributed by atoms with Crippen LogP contribution in [-0.4, -0.2) is 4.57 Å². The summed E-state index contributed by atoms with van der Waals surface area (Å²) in [6.07, 6.45) is 2.27. The SMILES string of the molecule is [2H]C(C)(C)c1ccc(-c2cc[n+]3c(c2)-c2cc(-c4ccccc4)cc4c2C32Oc3c(cc(C(C)C)cc3C(C)C)-c3n(-c5ccc(C(C)(C)C(C)(C)C)cc5-c5ccccc5)c5cccc-4c5[n+]32)cc1. The second-order valence-electron chi connectivity index (χ2n) is 22.2. The summed E-state index contributed by atoms with van der Waals surface area (Å²) < 4.78 is 24.4. The highest BCUT2D eigenvalue weighted by molar-refractivity contribution is 6.00. The minimum absolute atomic E-state index is 0.0196. The highest BCUT2D eigenvalue weighted by Gasteiger charge is 2.69. The Morgan fingerprint density at radius 2 is 1.23 bits per heavy atom. The van der Waals surface area contributed by atoms with E-state index in [0.717, 1.165) is 67.4 Å². The van der Waals surface area contributed by atoms with Crippen molar-refractivity contribution in [2.45, 2.75) is 105 Å². The van der Waals surface area contributed by atoms with Crippen molar-refractivity contribution in [3.05, 3.63) is 192 Å². The van der Waals surface area contributed by atoms with E-state index in [4.69, 9.17) is 6.11 Å². The van der Waals surface area contributed by atoms with Crippen LogP contribution in [0, 0.1) is 5.41 Å². The van der Waals surface area contributed by atoms with Crippen LogP contribution in [0.25, 0.3) is 83.9 Å². The lowest BCUT2D eigenvalue weighted by Gasteiger charge is -2.39. The van der Waals surface area contributed by atoms with E-state index in [-0.39, 0.29) is 16.7 Å². The Hall–Kier alpha value is -7.04. The van der Waals surface area contributed by atoms with Crippen molar-refractivity contribution in [1.29, 1.82) is 0 Å². The first-order chi connectivity index (χ1) is 33.4. The minimum Gasteiger partial charge on any atom is -0.392 e. The van der Waals surface area contributed by atoms with Crippen LogP contribution in [0.4, 0.5) is 0 Å². The van der Waals surface area contributed by atoms with Gasteiger partial charge in [-0.3, -0.25) is 0 Å². The van der Waals surface area contributed by atoms with Crippen LogP contribution in [0.15, 0.2) is 164 Å². The average Bonchev–Trinajstić information content (AvgIpc) is 3.84. The topological polar surface area (TPSA) is 21.9 Å². The van der Waals surface area contributed by atoms with Gasteiger partial charge in [0, 0.05) is 30.2 Å². The van der Waals surface area contributed by atoms with E-state index in [1.807, 2.05) is 13.8 Å². The molecule has 0 aliphatic carbocycles. The molecule has 342 valence electrons. The third kappa shape index (κ3) is 6.19. The number of hydrogen-bond donors (Lipinski definition) is 0. The van der Waals surface area contributed by atoms with Gasteiger partial charge in [-0.05, 0) is 121 Å². The van der Waals surface area contributed by atoms with Gasteiger partial charge < -0.3 is 4.74 Å². The molecule has 7 aromatic carbocycles. The molecule has 1 unspecified atom stereocenters. The van der Waals surface area contributed by atoms with Crippen LogP contribution < -0.4 is 13.9 Å². The first-order valence-corrected chi connectivity index (χ1v) is 25.0. The number of imidazole rings is 1. The van der Waals surface area contributed by atoms with Gasteiger partial charge in [0.25, 0.3) is 0 Å². The quantitative estimate of drug-likeness (QED) is 0.139. The fraction of sp³-hybridized carbons (Fsp3) is 0.262. The molecule has 0 N–H and O–H groups in total. The molecule has 1 atom stereocenters. The Morgan fingerprint density at radius 1 is 0.551 bits per heavy atom. The van der Waals surface area contributed by atoms with Gasteiger partial charge in [-0.2, -0.15) is 4.57 Å². The van der Waals surface area contributed by atoms with Crippen molar-refractivity contribution >= 4 is 11.0 Å². The summed E-state index contributed by atoms with van der Waals surface area (Å²) in [6, 6.07) is 58.8. The van der Waals surface area contributed by atoms with Gasteiger partial charge in [-0.15, -0.1) is 9.13 Å². The lowest BCUT2D eigenvalue weighted by molar-refractivity contribution is -0.997. The van der Waals surface area contributed by atoms with Crippen LogP contribution in [0.1, 0.15) is 123 Å². The Balaban J connectivity index is 1.25. The molecule has 3 aliphatic rings. The molecule has 0 saturated heterocycles. The van der Waals surface area contributed by atoms with Crippen LogP contribution in [0.5, 0.6) is 5.75 Å². The predicted octanol–water partition coefficient (Wildman–Crippen LogP) is 16.1. The maximum absolute atomic E-state index is 8.73. The molecule has 0 amide bonds. The van der Waals surface area contributed by atoms with Crippen molar-refractivity contribution in [3.63, 3.8) is 0 Å². The normalized spacial score (nSPS) is 15.8. The number of rotatable bonds is 8. The van der Waals surface area contributed by atoms with Gasteiger partial charge >= 0.3 is 11.7 Å². The molecular formula is C65H63N3O+2. The van der Waals surface area contributed by atoms with Gasteiger partial charge in [0.15, 0.2) is 23.0 Å². The zero-order valence-corrected chi connectivity index (χ0v) is 42.0. The molecule has 0 fully saturated rings. The van der Waals surface area contributed by atoms with E-state index in [9.17, 15) is 0 Å². The number of benzene rings is 7. The zero-order valence-electron chi connectivity index (χ0n) is 43.0. The molecule has 0 radical (unpaired) electrons. The maximum Gasteiger partial charge on any atom is 0.499 e. The number of aromatic nitrogens is 3. The molecule has 1 spiro atoms. The molecule has 2 aromatic heterocycles. The Morgan fingerprint density at radius 3 is 1.90 bits per heavy atom.